The first-order valence-corrected chi connectivity index (χ1v) is 3.84. The molecule has 6 heteroatoms. The average molecular weight is 189 g/mol. The third-order valence-corrected chi connectivity index (χ3v) is 1.02. The summed E-state index contributed by atoms with van der Waals surface area (Å²) < 4.78 is 0. The molecular formula is C7H15N3O3. The third kappa shape index (κ3) is 7.07. The maximum absolute atomic E-state index is 11.0. The first-order valence-electron chi connectivity index (χ1n) is 3.84. The van der Waals surface area contributed by atoms with E-state index in [0.717, 1.165) is 0 Å². The van der Waals surface area contributed by atoms with Gasteiger partial charge in [-0.15, -0.1) is 0 Å². The number of amides is 3. The maximum Gasteiger partial charge on any atom is 0.315 e. The highest BCUT2D eigenvalue weighted by Crippen LogP contribution is 1.96. The van der Waals surface area contributed by atoms with Gasteiger partial charge in [0.1, 0.15) is 6.54 Å². The lowest BCUT2D eigenvalue weighted by Gasteiger charge is -2.20. The molecule has 0 spiro atoms. The van der Waals surface area contributed by atoms with E-state index in [2.05, 4.69) is 10.6 Å². The lowest BCUT2D eigenvalue weighted by Crippen LogP contribution is -2.48. The Kier molecular flexibility index (Phi) is 4.19. The molecule has 0 saturated carbocycles. The second-order valence-corrected chi connectivity index (χ2v) is 3.59. The van der Waals surface area contributed by atoms with Crippen LogP contribution in [0.25, 0.3) is 0 Å². The van der Waals surface area contributed by atoms with Gasteiger partial charge in [0.05, 0.1) is 0 Å². The van der Waals surface area contributed by atoms with Crippen LogP contribution < -0.4 is 16.1 Å². The number of carbonyl (C=O) groups is 2. The predicted molar refractivity (Wildman–Crippen MR) is 46.2 cm³/mol. The number of hydrogen-bond donors (Lipinski definition) is 4. The minimum Gasteiger partial charge on any atom is -0.334 e. The maximum atomic E-state index is 11.0. The van der Waals surface area contributed by atoms with Crippen molar-refractivity contribution in [2.75, 3.05) is 6.54 Å². The molecule has 0 atom stereocenters. The fraction of sp³-hybridized carbons (Fsp3) is 0.714. The standard InChI is InChI=1S/C7H15N3O3/c1-7(2,3)9-6(12)8-4-5(11)10-13/h13H,4H2,1-3H3,(H,10,11)(H2,8,9,12). The summed E-state index contributed by atoms with van der Waals surface area (Å²) in [5, 5.41) is 13.0. The summed E-state index contributed by atoms with van der Waals surface area (Å²) >= 11 is 0. The largest absolute Gasteiger partial charge is 0.334 e. The van der Waals surface area contributed by atoms with E-state index in [1.165, 1.54) is 5.48 Å². The lowest BCUT2D eigenvalue weighted by atomic mass is 10.1. The highest BCUT2D eigenvalue weighted by molar-refractivity contribution is 5.83. The SMILES string of the molecule is CC(C)(C)NC(=O)NCC(=O)NO. The Balaban J connectivity index is 3.71. The normalized spacial score (nSPS) is 10.5. The van der Waals surface area contributed by atoms with Crippen molar-refractivity contribution < 1.29 is 14.8 Å². The van der Waals surface area contributed by atoms with Gasteiger partial charge in [-0.25, -0.2) is 10.3 Å². The highest BCUT2D eigenvalue weighted by atomic mass is 16.5. The molecule has 0 unspecified atom stereocenters. The fourth-order valence-electron chi connectivity index (χ4n) is 0.585. The molecule has 0 aliphatic carbocycles. The van der Waals surface area contributed by atoms with Gasteiger partial charge in [0.15, 0.2) is 0 Å². The van der Waals surface area contributed by atoms with E-state index in [4.69, 9.17) is 5.21 Å². The molecule has 13 heavy (non-hydrogen) atoms. The molecule has 0 bridgehead atoms. The Labute approximate surface area is 76.6 Å². The number of hydrogen-bond acceptors (Lipinski definition) is 3. The van der Waals surface area contributed by atoms with Crippen LogP contribution in [0.1, 0.15) is 20.8 Å². The van der Waals surface area contributed by atoms with Gasteiger partial charge < -0.3 is 10.6 Å². The summed E-state index contributed by atoms with van der Waals surface area (Å²) in [6, 6.07) is -0.448. The van der Waals surface area contributed by atoms with Crippen molar-refractivity contribution in [3.63, 3.8) is 0 Å². The summed E-state index contributed by atoms with van der Waals surface area (Å²) in [5.74, 6) is -0.663. The summed E-state index contributed by atoms with van der Waals surface area (Å²) in [5.41, 5.74) is 1.05. The van der Waals surface area contributed by atoms with Crippen LogP contribution in [0.5, 0.6) is 0 Å². The van der Waals surface area contributed by atoms with Gasteiger partial charge in [0.2, 0.25) is 0 Å². The van der Waals surface area contributed by atoms with Crippen LogP contribution >= 0.6 is 0 Å². The van der Waals surface area contributed by atoms with Gasteiger partial charge in [0.25, 0.3) is 5.91 Å². The summed E-state index contributed by atoms with van der Waals surface area (Å²) in [6.45, 7) is 5.20. The molecule has 76 valence electrons. The van der Waals surface area contributed by atoms with Crippen molar-refractivity contribution in [1.82, 2.24) is 16.1 Å². The number of hydroxylamine groups is 1. The number of nitrogens with one attached hydrogen (secondary N) is 3. The second-order valence-electron chi connectivity index (χ2n) is 3.59. The fourth-order valence-corrected chi connectivity index (χ4v) is 0.585. The van der Waals surface area contributed by atoms with Crippen LogP contribution in [-0.2, 0) is 4.79 Å². The lowest BCUT2D eigenvalue weighted by molar-refractivity contribution is -0.128. The molecule has 0 radical (unpaired) electrons. The van der Waals surface area contributed by atoms with Crippen LogP contribution in [-0.4, -0.2) is 29.2 Å². The van der Waals surface area contributed by atoms with Crippen LogP contribution in [0.15, 0.2) is 0 Å². The Bertz CT molecular complexity index is 198. The van der Waals surface area contributed by atoms with Crippen LogP contribution in [0.2, 0.25) is 0 Å². The van der Waals surface area contributed by atoms with Gasteiger partial charge in [-0.2, -0.15) is 0 Å². The zero-order valence-electron chi connectivity index (χ0n) is 7.97. The summed E-state index contributed by atoms with van der Waals surface area (Å²) in [7, 11) is 0. The monoisotopic (exact) mass is 189 g/mol. The molecule has 0 aromatic heterocycles. The highest BCUT2D eigenvalue weighted by Gasteiger charge is 2.13. The van der Waals surface area contributed by atoms with E-state index in [0.29, 0.717) is 0 Å². The van der Waals surface area contributed by atoms with Gasteiger partial charge in [-0.3, -0.25) is 10.0 Å². The molecule has 0 heterocycles. The van der Waals surface area contributed by atoms with E-state index in [1.54, 1.807) is 0 Å². The average Bonchev–Trinajstić information content (AvgIpc) is 1.97. The Morgan fingerprint density at radius 3 is 2.23 bits per heavy atom. The van der Waals surface area contributed by atoms with Gasteiger partial charge in [0, 0.05) is 5.54 Å². The summed E-state index contributed by atoms with van der Waals surface area (Å²) in [6.07, 6.45) is 0. The van der Waals surface area contributed by atoms with Crippen molar-refractivity contribution in [1.29, 1.82) is 0 Å². The molecule has 0 aromatic carbocycles. The number of urea groups is 1. The zero-order valence-corrected chi connectivity index (χ0v) is 7.97. The molecule has 0 saturated heterocycles. The van der Waals surface area contributed by atoms with E-state index < -0.39 is 11.9 Å². The first-order chi connectivity index (χ1) is 5.85. The molecular weight excluding hydrogens is 174 g/mol. The van der Waals surface area contributed by atoms with E-state index in [-0.39, 0.29) is 12.1 Å². The molecule has 0 aliphatic heterocycles. The summed E-state index contributed by atoms with van der Waals surface area (Å²) in [4.78, 5) is 21.5. The van der Waals surface area contributed by atoms with Crippen LogP contribution in [0.3, 0.4) is 0 Å². The Morgan fingerprint density at radius 1 is 1.31 bits per heavy atom. The van der Waals surface area contributed by atoms with E-state index in [9.17, 15) is 9.59 Å². The van der Waals surface area contributed by atoms with E-state index in [1.807, 2.05) is 20.8 Å². The van der Waals surface area contributed by atoms with E-state index >= 15 is 0 Å². The number of rotatable bonds is 2. The topological polar surface area (TPSA) is 90.5 Å². The van der Waals surface area contributed by atoms with Crippen LogP contribution in [0.4, 0.5) is 4.79 Å². The quantitative estimate of drug-likeness (QED) is 0.351. The molecule has 6 nitrogen and oxygen atoms in total. The molecule has 3 amide bonds. The molecule has 4 N–H and O–H groups in total. The molecule has 0 aliphatic rings. The first kappa shape index (κ1) is 11.7. The van der Waals surface area contributed by atoms with Crippen molar-refractivity contribution in [2.24, 2.45) is 0 Å². The zero-order chi connectivity index (χ0) is 10.5. The van der Waals surface area contributed by atoms with Gasteiger partial charge >= 0.3 is 6.03 Å². The van der Waals surface area contributed by atoms with Crippen molar-refractivity contribution in [3.8, 4) is 0 Å². The third-order valence-electron chi connectivity index (χ3n) is 1.02. The van der Waals surface area contributed by atoms with Gasteiger partial charge in [-0.1, -0.05) is 0 Å². The molecule has 0 rings (SSSR count). The minimum atomic E-state index is -0.663. The predicted octanol–water partition coefficient (Wildman–Crippen LogP) is -0.410. The smallest absolute Gasteiger partial charge is 0.315 e. The number of carbonyl (C=O) groups excluding carboxylic acids is 2. The Morgan fingerprint density at radius 2 is 1.85 bits per heavy atom. The van der Waals surface area contributed by atoms with Crippen molar-refractivity contribution in [3.05, 3.63) is 0 Å². The Hall–Kier alpha value is -1.30. The molecule has 0 fully saturated rings. The minimum absolute atomic E-state index is 0.252. The van der Waals surface area contributed by atoms with Crippen molar-refractivity contribution >= 4 is 11.9 Å². The van der Waals surface area contributed by atoms with Crippen LogP contribution in [0, 0.1) is 0 Å². The van der Waals surface area contributed by atoms with Crippen molar-refractivity contribution in [2.45, 2.75) is 26.3 Å². The molecule has 0 aromatic rings. The van der Waals surface area contributed by atoms with Gasteiger partial charge in [-0.05, 0) is 20.8 Å². The second kappa shape index (κ2) is 4.66.